The molecule has 1 heterocycles. The predicted molar refractivity (Wildman–Crippen MR) is 126 cm³/mol. The lowest BCUT2D eigenvalue weighted by Crippen LogP contribution is -2.46. The number of rotatable bonds is 5. The largest absolute Gasteiger partial charge is 0.326 e. The number of aryl methyl sites for hydroxylation is 1. The van der Waals surface area contributed by atoms with Gasteiger partial charge in [0.15, 0.2) is 0 Å². The van der Waals surface area contributed by atoms with E-state index in [2.05, 4.69) is 22.6 Å². The van der Waals surface area contributed by atoms with Crippen LogP contribution < -0.4 is 4.90 Å². The Bertz CT molecular complexity index is 946. The standard InChI is InChI=1S/C24H27IN2O3/c1-16-5-7-17(8-6-16)15-26(22(29)14-24(2,3)4)20-13-21(28)27(23(20)30)19-11-9-18(25)10-12-19/h5-12,20H,13-15H2,1-4H3. The molecule has 0 aromatic heterocycles. The van der Waals surface area contributed by atoms with Crippen LogP contribution in [-0.4, -0.2) is 28.7 Å². The molecule has 0 spiro atoms. The zero-order valence-corrected chi connectivity index (χ0v) is 20.0. The van der Waals surface area contributed by atoms with Gasteiger partial charge in [-0.3, -0.25) is 14.4 Å². The van der Waals surface area contributed by atoms with Gasteiger partial charge in [0, 0.05) is 16.5 Å². The molecule has 2 aromatic rings. The summed E-state index contributed by atoms with van der Waals surface area (Å²) in [6.07, 6.45) is 0.312. The molecular weight excluding hydrogens is 491 g/mol. The molecular formula is C24H27IN2O3. The van der Waals surface area contributed by atoms with Crippen molar-refractivity contribution in [3.05, 3.63) is 63.2 Å². The predicted octanol–water partition coefficient (Wildman–Crippen LogP) is 4.70. The number of carbonyl (C=O) groups is 3. The fourth-order valence-corrected chi connectivity index (χ4v) is 3.90. The van der Waals surface area contributed by atoms with Crippen molar-refractivity contribution in [1.29, 1.82) is 0 Å². The maximum absolute atomic E-state index is 13.3. The first-order chi connectivity index (χ1) is 14.0. The molecule has 0 radical (unpaired) electrons. The van der Waals surface area contributed by atoms with Gasteiger partial charge in [0.05, 0.1) is 12.1 Å². The summed E-state index contributed by atoms with van der Waals surface area (Å²) < 4.78 is 1.02. The molecule has 0 saturated carbocycles. The lowest BCUT2D eigenvalue weighted by atomic mass is 9.91. The van der Waals surface area contributed by atoms with Gasteiger partial charge in [-0.25, -0.2) is 4.90 Å². The quantitative estimate of drug-likeness (QED) is 0.426. The highest BCUT2D eigenvalue weighted by atomic mass is 127. The molecule has 30 heavy (non-hydrogen) atoms. The SMILES string of the molecule is Cc1ccc(CN(C(=O)CC(C)(C)C)C2CC(=O)N(c3ccc(I)cc3)C2=O)cc1. The van der Waals surface area contributed by atoms with Crippen LogP contribution in [0, 0.1) is 15.9 Å². The second kappa shape index (κ2) is 8.88. The first kappa shape index (κ1) is 22.5. The average molecular weight is 518 g/mol. The van der Waals surface area contributed by atoms with E-state index in [9.17, 15) is 14.4 Å². The van der Waals surface area contributed by atoms with E-state index < -0.39 is 6.04 Å². The van der Waals surface area contributed by atoms with Crippen LogP contribution in [0.4, 0.5) is 5.69 Å². The Balaban J connectivity index is 1.90. The molecule has 1 aliphatic heterocycles. The minimum absolute atomic E-state index is 0.00651. The third-order valence-corrected chi connectivity index (χ3v) is 5.78. The van der Waals surface area contributed by atoms with Gasteiger partial charge >= 0.3 is 0 Å². The first-order valence-electron chi connectivity index (χ1n) is 10.0. The third-order valence-electron chi connectivity index (χ3n) is 5.06. The zero-order chi connectivity index (χ0) is 22.1. The van der Waals surface area contributed by atoms with E-state index in [4.69, 9.17) is 0 Å². The van der Waals surface area contributed by atoms with E-state index in [1.165, 1.54) is 4.90 Å². The maximum Gasteiger partial charge on any atom is 0.257 e. The fraction of sp³-hybridized carbons (Fsp3) is 0.375. The Kier molecular flexibility index (Phi) is 6.65. The summed E-state index contributed by atoms with van der Waals surface area (Å²) in [5.74, 6) is -0.724. The number of amides is 3. The molecule has 3 amide bonds. The minimum Gasteiger partial charge on any atom is -0.326 e. The topological polar surface area (TPSA) is 57.7 Å². The van der Waals surface area contributed by atoms with Gasteiger partial charge in [0.2, 0.25) is 11.8 Å². The molecule has 6 heteroatoms. The van der Waals surface area contributed by atoms with Crippen LogP contribution in [0.1, 0.15) is 44.7 Å². The molecule has 1 atom stereocenters. The van der Waals surface area contributed by atoms with Crippen LogP contribution in [0.3, 0.4) is 0 Å². The fourth-order valence-electron chi connectivity index (χ4n) is 3.54. The third kappa shape index (κ3) is 5.28. The van der Waals surface area contributed by atoms with Crippen LogP contribution in [0.15, 0.2) is 48.5 Å². The summed E-state index contributed by atoms with van der Waals surface area (Å²) in [7, 11) is 0. The van der Waals surface area contributed by atoms with Crippen molar-refractivity contribution >= 4 is 46.0 Å². The Labute approximate surface area is 191 Å². The van der Waals surface area contributed by atoms with Gasteiger partial charge in [-0.05, 0) is 64.8 Å². The summed E-state index contributed by atoms with van der Waals surface area (Å²) in [6.45, 7) is 8.29. The van der Waals surface area contributed by atoms with Crippen molar-refractivity contribution in [2.75, 3.05) is 4.90 Å². The normalized spacial score (nSPS) is 16.8. The highest BCUT2D eigenvalue weighted by Crippen LogP contribution is 2.29. The monoisotopic (exact) mass is 518 g/mol. The minimum atomic E-state index is -0.784. The van der Waals surface area contributed by atoms with Crippen molar-refractivity contribution in [3.63, 3.8) is 0 Å². The van der Waals surface area contributed by atoms with Crippen molar-refractivity contribution in [2.24, 2.45) is 5.41 Å². The van der Waals surface area contributed by atoms with Crippen LogP contribution in [0.5, 0.6) is 0 Å². The number of halogens is 1. The van der Waals surface area contributed by atoms with E-state index in [1.54, 1.807) is 17.0 Å². The number of hydrogen-bond donors (Lipinski definition) is 0. The number of nitrogens with zero attached hydrogens (tertiary/aromatic N) is 2. The van der Waals surface area contributed by atoms with Crippen molar-refractivity contribution in [1.82, 2.24) is 4.90 Å². The van der Waals surface area contributed by atoms with Crippen molar-refractivity contribution in [3.8, 4) is 0 Å². The van der Waals surface area contributed by atoms with E-state index in [0.717, 1.165) is 14.7 Å². The van der Waals surface area contributed by atoms with Gasteiger partial charge in [-0.1, -0.05) is 50.6 Å². The van der Waals surface area contributed by atoms with E-state index in [-0.39, 0.29) is 29.6 Å². The van der Waals surface area contributed by atoms with Gasteiger partial charge < -0.3 is 4.90 Å². The van der Waals surface area contributed by atoms with Crippen LogP contribution in [0.2, 0.25) is 0 Å². The van der Waals surface area contributed by atoms with Crippen LogP contribution >= 0.6 is 22.6 Å². The lowest BCUT2D eigenvalue weighted by Gasteiger charge is -2.30. The molecule has 158 valence electrons. The molecule has 1 unspecified atom stereocenters. The highest BCUT2D eigenvalue weighted by Gasteiger charge is 2.44. The van der Waals surface area contributed by atoms with E-state index in [0.29, 0.717) is 18.7 Å². The van der Waals surface area contributed by atoms with Gasteiger partial charge in [-0.2, -0.15) is 0 Å². The lowest BCUT2D eigenvalue weighted by molar-refractivity contribution is -0.140. The summed E-state index contributed by atoms with van der Waals surface area (Å²) >= 11 is 2.18. The summed E-state index contributed by atoms with van der Waals surface area (Å²) in [5, 5.41) is 0. The van der Waals surface area contributed by atoms with Crippen LogP contribution in [-0.2, 0) is 20.9 Å². The van der Waals surface area contributed by atoms with Gasteiger partial charge in [-0.15, -0.1) is 0 Å². The van der Waals surface area contributed by atoms with Crippen LogP contribution in [0.25, 0.3) is 0 Å². The Hall–Kier alpha value is -2.22. The number of benzene rings is 2. The summed E-state index contributed by atoms with van der Waals surface area (Å²) in [6, 6.07) is 14.4. The summed E-state index contributed by atoms with van der Waals surface area (Å²) in [4.78, 5) is 42.0. The second-order valence-corrected chi connectivity index (χ2v) is 10.3. The summed E-state index contributed by atoms with van der Waals surface area (Å²) in [5.41, 5.74) is 2.40. The van der Waals surface area contributed by atoms with Crippen molar-refractivity contribution < 1.29 is 14.4 Å². The molecule has 0 aliphatic carbocycles. The van der Waals surface area contributed by atoms with E-state index >= 15 is 0 Å². The number of carbonyl (C=O) groups excluding carboxylic acids is 3. The molecule has 5 nitrogen and oxygen atoms in total. The molecule has 2 aromatic carbocycles. The number of hydrogen-bond acceptors (Lipinski definition) is 3. The van der Waals surface area contributed by atoms with Gasteiger partial charge in [0.1, 0.15) is 6.04 Å². The first-order valence-corrected chi connectivity index (χ1v) is 11.1. The maximum atomic E-state index is 13.3. The molecule has 0 N–H and O–H groups in total. The average Bonchev–Trinajstić information content (AvgIpc) is 2.94. The Morgan fingerprint density at radius 2 is 1.67 bits per heavy atom. The van der Waals surface area contributed by atoms with Gasteiger partial charge in [0.25, 0.3) is 5.91 Å². The molecule has 1 fully saturated rings. The molecule has 1 saturated heterocycles. The van der Waals surface area contributed by atoms with E-state index in [1.807, 2.05) is 64.1 Å². The van der Waals surface area contributed by atoms with Crippen molar-refractivity contribution in [2.45, 2.75) is 53.1 Å². The second-order valence-electron chi connectivity index (χ2n) is 9.01. The molecule has 1 aliphatic rings. The zero-order valence-electron chi connectivity index (χ0n) is 17.8. The Morgan fingerprint density at radius 1 is 1.07 bits per heavy atom. The Morgan fingerprint density at radius 3 is 2.23 bits per heavy atom. The number of imide groups is 1. The molecule has 3 rings (SSSR count). The smallest absolute Gasteiger partial charge is 0.257 e. The number of anilines is 1. The highest BCUT2D eigenvalue weighted by molar-refractivity contribution is 14.1. The molecule has 0 bridgehead atoms.